The Hall–Kier alpha value is -2.49. The van der Waals surface area contributed by atoms with Crippen LogP contribution in [0.1, 0.15) is 36.1 Å². The molecule has 0 saturated heterocycles. The quantitative estimate of drug-likeness (QED) is 0.381. The normalized spacial score (nSPS) is 14.7. The molecule has 5 nitrogen and oxygen atoms in total. The van der Waals surface area contributed by atoms with Gasteiger partial charge in [-0.1, -0.05) is 25.0 Å². The van der Waals surface area contributed by atoms with Crippen molar-refractivity contribution < 1.29 is 26.7 Å². The van der Waals surface area contributed by atoms with Crippen LogP contribution in [-0.2, 0) is 23.2 Å². The number of hydrogen-bond acceptors (Lipinski definition) is 5. The van der Waals surface area contributed by atoms with Crippen LogP contribution in [0.5, 0.6) is 11.5 Å². The molecule has 9 heteroatoms. The number of methoxy groups -OCH3 is 1. The van der Waals surface area contributed by atoms with Crippen LogP contribution in [0.25, 0.3) is 0 Å². The SMILES string of the molecule is COc1ccc(CN(C2CCCC2)S(=O)(=O)c2ccc(F)cc2F)cc1OCc1cccs1. The lowest BCUT2D eigenvalue weighted by atomic mass is 10.1. The van der Waals surface area contributed by atoms with Crippen LogP contribution in [0, 0.1) is 11.6 Å². The fourth-order valence-electron chi connectivity index (χ4n) is 4.07. The monoisotopic (exact) mass is 493 g/mol. The molecular formula is C24H25F2NO4S2. The van der Waals surface area contributed by atoms with Gasteiger partial charge in [0.05, 0.1) is 7.11 Å². The van der Waals surface area contributed by atoms with E-state index in [0.717, 1.165) is 29.9 Å². The second kappa shape index (κ2) is 10.2. The lowest BCUT2D eigenvalue weighted by Crippen LogP contribution is -2.38. The van der Waals surface area contributed by atoms with Crippen LogP contribution < -0.4 is 9.47 Å². The van der Waals surface area contributed by atoms with Gasteiger partial charge in [0, 0.05) is 23.5 Å². The lowest BCUT2D eigenvalue weighted by molar-refractivity contribution is 0.284. The number of benzene rings is 2. The van der Waals surface area contributed by atoms with Gasteiger partial charge >= 0.3 is 0 Å². The van der Waals surface area contributed by atoms with Gasteiger partial charge in [-0.2, -0.15) is 4.31 Å². The summed E-state index contributed by atoms with van der Waals surface area (Å²) < 4.78 is 67.4. The van der Waals surface area contributed by atoms with E-state index >= 15 is 0 Å². The Morgan fingerprint density at radius 3 is 2.52 bits per heavy atom. The van der Waals surface area contributed by atoms with Gasteiger partial charge in [0.1, 0.15) is 23.1 Å². The Morgan fingerprint density at radius 2 is 1.85 bits per heavy atom. The van der Waals surface area contributed by atoms with E-state index in [9.17, 15) is 17.2 Å². The summed E-state index contributed by atoms with van der Waals surface area (Å²) >= 11 is 1.58. The van der Waals surface area contributed by atoms with E-state index in [2.05, 4.69) is 0 Å². The van der Waals surface area contributed by atoms with Gasteiger partial charge in [-0.15, -0.1) is 11.3 Å². The summed E-state index contributed by atoms with van der Waals surface area (Å²) in [5.41, 5.74) is 0.690. The van der Waals surface area contributed by atoms with Crippen molar-refractivity contribution in [2.45, 2.75) is 49.8 Å². The molecule has 0 spiro atoms. The Balaban J connectivity index is 1.64. The third kappa shape index (κ3) is 5.37. The molecule has 33 heavy (non-hydrogen) atoms. The first kappa shape index (κ1) is 23.7. The molecule has 0 amide bonds. The second-order valence-corrected chi connectivity index (χ2v) is 10.8. The molecule has 2 aromatic carbocycles. The Labute approximate surface area is 196 Å². The van der Waals surface area contributed by atoms with E-state index in [-0.39, 0.29) is 12.6 Å². The molecule has 1 aliphatic rings. The van der Waals surface area contributed by atoms with Gasteiger partial charge in [-0.05, 0) is 54.1 Å². The first-order valence-corrected chi connectivity index (χ1v) is 13.0. The molecular weight excluding hydrogens is 468 g/mol. The highest BCUT2D eigenvalue weighted by atomic mass is 32.2. The van der Waals surface area contributed by atoms with Crippen molar-refractivity contribution in [3.63, 3.8) is 0 Å². The van der Waals surface area contributed by atoms with Gasteiger partial charge in [0.25, 0.3) is 0 Å². The molecule has 1 fully saturated rings. The van der Waals surface area contributed by atoms with Crippen molar-refractivity contribution >= 4 is 21.4 Å². The smallest absolute Gasteiger partial charge is 0.246 e. The van der Waals surface area contributed by atoms with Crippen LogP contribution >= 0.6 is 11.3 Å². The summed E-state index contributed by atoms with van der Waals surface area (Å²) in [6.07, 6.45) is 3.20. The van der Waals surface area contributed by atoms with Gasteiger partial charge in [0.2, 0.25) is 10.0 Å². The topological polar surface area (TPSA) is 55.8 Å². The molecule has 1 heterocycles. The van der Waals surface area contributed by atoms with Crippen LogP contribution in [-0.4, -0.2) is 25.9 Å². The minimum atomic E-state index is -4.19. The highest BCUT2D eigenvalue weighted by molar-refractivity contribution is 7.89. The second-order valence-electron chi connectivity index (χ2n) is 7.92. The number of ether oxygens (including phenoxy) is 2. The fraction of sp³-hybridized carbons (Fsp3) is 0.333. The number of thiophene rings is 1. The van der Waals surface area contributed by atoms with E-state index < -0.39 is 26.6 Å². The molecule has 3 aromatic rings. The predicted molar refractivity (Wildman–Crippen MR) is 123 cm³/mol. The molecule has 1 aliphatic carbocycles. The van der Waals surface area contributed by atoms with Gasteiger partial charge in [-0.25, -0.2) is 17.2 Å². The summed E-state index contributed by atoms with van der Waals surface area (Å²) in [5.74, 6) is -0.871. The number of halogens is 2. The minimum absolute atomic E-state index is 0.0448. The van der Waals surface area contributed by atoms with Crippen molar-refractivity contribution in [2.75, 3.05) is 7.11 Å². The standard InChI is InChI=1S/C24H25F2NO4S2/c1-30-22-10-8-17(13-23(22)31-16-20-7-4-12-32-20)15-27(19-5-2-3-6-19)33(28,29)24-11-9-18(25)14-21(24)26/h4,7-14,19H,2-3,5-6,15-16H2,1H3. The van der Waals surface area contributed by atoms with Crippen LogP contribution in [0.4, 0.5) is 8.78 Å². The molecule has 0 radical (unpaired) electrons. The zero-order chi connectivity index (χ0) is 23.4. The van der Waals surface area contributed by atoms with E-state index in [4.69, 9.17) is 9.47 Å². The van der Waals surface area contributed by atoms with Crippen molar-refractivity contribution in [3.05, 3.63) is 76.0 Å². The minimum Gasteiger partial charge on any atom is -0.493 e. The number of hydrogen-bond donors (Lipinski definition) is 0. The fourth-order valence-corrected chi connectivity index (χ4v) is 6.41. The summed E-state index contributed by atoms with van der Waals surface area (Å²) in [4.78, 5) is 0.530. The van der Waals surface area contributed by atoms with Crippen molar-refractivity contribution in [1.82, 2.24) is 4.31 Å². The summed E-state index contributed by atoms with van der Waals surface area (Å²) in [5, 5.41) is 1.96. The van der Waals surface area contributed by atoms with Crippen LogP contribution in [0.2, 0.25) is 0 Å². The molecule has 0 N–H and O–H groups in total. The van der Waals surface area contributed by atoms with Gasteiger partial charge < -0.3 is 9.47 Å². The third-order valence-corrected chi connectivity index (χ3v) is 8.51. The summed E-state index contributed by atoms with van der Waals surface area (Å²) in [6.45, 7) is 0.409. The Kier molecular flexibility index (Phi) is 7.31. The number of rotatable bonds is 9. The number of sulfonamides is 1. The largest absolute Gasteiger partial charge is 0.493 e. The van der Waals surface area contributed by atoms with Crippen molar-refractivity contribution in [3.8, 4) is 11.5 Å². The van der Waals surface area contributed by atoms with Gasteiger partial charge in [-0.3, -0.25) is 0 Å². The molecule has 0 unspecified atom stereocenters. The molecule has 176 valence electrons. The first-order valence-electron chi connectivity index (χ1n) is 10.7. The van der Waals surface area contributed by atoms with E-state index in [0.29, 0.717) is 42.6 Å². The molecule has 0 atom stereocenters. The zero-order valence-electron chi connectivity index (χ0n) is 18.2. The predicted octanol–water partition coefficient (Wildman–Crippen LogP) is 5.75. The summed E-state index contributed by atoms with van der Waals surface area (Å²) in [6, 6.07) is 11.5. The number of nitrogens with zero attached hydrogens (tertiary/aromatic N) is 1. The van der Waals surface area contributed by atoms with Crippen molar-refractivity contribution in [2.24, 2.45) is 0 Å². The van der Waals surface area contributed by atoms with E-state index in [1.54, 1.807) is 36.6 Å². The highest BCUT2D eigenvalue weighted by Crippen LogP contribution is 2.34. The molecule has 1 aromatic heterocycles. The van der Waals surface area contributed by atoms with Crippen LogP contribution in [0.3, 0.4) is 0 Å². The maximum Gasteiger partial charge on any atom is 0.246 e. The molecule has 0 bridgehead atoms. The van der Waals surface area contributed by atoms with Crippen molar-refractivity contribution in [1.29, 1.82) is 0 Å². The first-order chi connectivity index (χ1) is 15.9. The lowest BCUT2D eigenvalue weighted by Gasteiger charge is -2.28. The molecule has 0 aliphatic heterocycles. The Bertz CT molecular complexity index is 1190. The highest BCUT2D eigenvalue weighted by Gasteiger charge is 2.35. The maximum absolute atomic E-state index is 14.4. The molecule has 1 saturated carbocycles. The van der Waals surface area contributed by atoms with Crippen LogP contribution in [0.15, 0.2) is 58.8 Å². The molecule has 4 rings (SSSR count). The van der Waals surface area contributed by atoms with E-state index in [1.165, 1.54) is 4.31 Å². The zero-order valence-corrected chi connectivity index (χ0v) is 19.8. The van der Waals surface area contributed by atoms with E-state index in [1.807, 2.05) is 17.5 Å². The summed E-state index contributed by atoms with van der Waals surface area (Å²) in [7, 11) is -2.64. The average molecular weight is 494 g/mol. The third-order valence-electron chi connectivity index (χ3n) is 5.73. The average Bonchev–Trinajstić information content (AvgIpc) is 3.50. The Morgan fingerprint density at radius 1 is 1.06 bits per heavy atom. The van der Waals surface area contributed by atoms with Gasteiger partial charge in [0.15, 0.2) is 11.5 Å². The maximum atomic E-state index is 14.4.